The van der Waals surface area contributed by atoms with Crippen molar-refractivity contribution in [3.05, 3.63) is 30.3 Å². The lowest BCUT2D eigenvalue weighted by Crippen LogP contribution is -2.29. The molecule has 0 aliphatic heterocycles. The molecular formula is C14H23NO2. The van der Waals surface area contributed by atoms with Gasteiger partial charge in [-0.2, -0.15) is 0 Å². The van der Waals surface area contributed by atoms with Crippen LogP contribution in [0.15, 0.2) is 30.3 Å². The lowest BCUT2D eigenvalue weighted by atomic mass is 10.2. The highest BCUT2D eigenvalue weighted by Gasteiger charge is 2.03. The van der Waals surface area contributed by atoms with Gasteiger partial charge >= 0.3 is 0 Å². The van der Waals surface area contributed by atoms with Crippen LogP contribution in [0.2, 0.25) is 0 Å². The van der Waals surface area contributed by atoms with Crippen molar-refractivity contribution in [2.45, 2.75) is 32.2 Å². The molecule has 1 atom stereocenters. The molecule has 0 saturated heterocycles. The molecule has 1 unspecified atom stereocenters. The molecule has 0 spiro atoms. The number of hydrogen-bond donors (Lipinski definition) is 1. The normalized spacial score (nSPS) is 12.4. The Morgan fingerprint density at radius 2 is 1.94 bits per heavy atom. The standard InChI is InChI=1S/C14H23NO2/c1-2-3-10-16-11-9-13(15)12-17-14-7-5-4-6-8-14/h4-8,13H,2-3,9-12,15H2,1H3. The third-order valence-electron chi connectivity index (χ3n) is 2.48. The molecule has 0 amide bonds. The maximum atomic E-state index is 5.93. The minimum Gasteiger partial charge on any atom is -0.492 e. The van der Waals surface area contributed by atoms with E-state index in [9.17, 15) is 0 Å². The molecule has 1 aromatic rings. The zero-order chi connectivity index (χ0) is 12.3. The lowest BCUT2D eigenvalue weighted by molar-refractivity contribution is 0.119. The quantitative estimate of drug-likeness (QED) is 0.671. The third kappa shape index (κ3) is 6.97. The van der Waals surface area contributed by atoms with Gasteiger partial charge < -0.3 is 15.2 Å². The van der Waals surface area contributed by atoms with Crippen LogP contribution in [0.1, 0.15) is 26.2 Å². The highest BCUT2D eigenvalue weighted by Crippen LogP contribution is 2.08. The van der Waals surface area contributed by atoms with E-state index in [2.05, 4.69) is 6.92 Å². The number of ether oxygens (including phenoxy) is 2. The fourth-order valence-electron chi connectivity index (χ4n) is 1.39. The monoisotopic (exact) mass is 237 g/mol. The number of benzene rings is 1. The molecule has 0 radical (unpaired) electrons. The Balaban J connectivity index is 2.03. The van der Waals surface area contributed by atoms with Gasteiger partial charge in [0.2, 0.25) is 0 Å². The van der Waals surface area contributed by atoms with Crippen molar-refractivity contribution in [1.29, 1.82) is 0 Å². The van der Waals surface area contributed by atoms with Crippen LogP contribution in [-0.4, -0.2) is 25.9 Å². The van der Waals surface area contributed by atoms with E-state index < -0.39 is 0 Å². The smallest absolute Gasteiger partial charge is 0.119 e. The number of nitrogens with two attached hydrogens (primary N) is 1. The Hall–Kier alpha value is -1.06. The summed E-state index contributed by atoms with van der Waals surface area (Å²) in [5.41, 5.74) is 5.93. The van der Waals surface area contributed by atoms with Crippen LogP contribution < -0.4 is 10.5 Å². The molecule has 0 bridgehead atoms. The van der Waals surface area contributed by atoms with Gasteiger partial charge in [-0.25, -0.2) is 0 Å². The first kappa shape index (κ1) is 14.0. The van der Waals surface area contributed by atoms with Crippen LogP contribution >= 0.6 is 0 Å². The Labute approximate surface area is 104 Å². The van der Waals surface area contributed by atoms with E-state index in [0.717, 1.165) is 31.8 Å². The van der Waals surface area contributed by atoms with Crippen LogP contribution in [-0.2, 0) is 4.74 Å². The van der Waals surface area contributed by atoms with Gasteiger partial charge in [0.1, 0.15) is 12.4 Å². The van der Waals surface area contributed by atoms with Crippen molar-refractivity contribution >= 4 is 0 Å². The summed E-state index contributed by atoms with van der Waals surface area (Å²) in [5.74, 6) is 0.870. The minimum absolute atomic E-state index is 0.0387. The predicted molar refractivity (Wildman–Crippen MR) is 70.3 cm³/mol. The summed E-state index contributed by atoms with van der Waals surface area (Å²) in [6, 6.07) is 9.78. The van der Waals surface area contributed by atoms with E-state index in [1.54, 1.807) is 0 Å². The number of unbranched alkanes of at least 4 members (excludes halogenated alkanes) is 1. The van der Waals surface area contributed by atoms with Gasteiger partial charge in [-0.1, -0.05) is 31.5 Å². The van der Waals surface area contributed by atoms with E-state index in [1.165, 1.54) is 6.42 Å². The summed E-state index contributed by atoms with van der Waals surface area (Å²) in [6.07, 6.45) is 3.13. The summed E-state index contributed by atoms with van der Waals surface area (Å²) in [5, 5.41) is 0. The first-order valence-electron chi connectivity index (χ1n) is 6.34. The van der Waals surface area contributed by atoms with Crippen molar-refractivity contribution in [3.63, 3.8) is 0 Å². The SMILES string of the molecule is CCCCOCCC(N)COc1ccccc1. The number of rotatable bonds is 9. The van der Waals surface area contributed by atoms with Gasteiger partial charge in [-0.05, 0) is 25.0 Å². The summed E-state index contributed by atoms with van der Waals surface area (Å²) < 4.78 is 11.0. The molecule has 0 aromatic heterocycles. The fraction of sp³-hybridized carbons (Fsp3) is 0.571. The highest BCUT2D eigenvalue weighted by molar-refractivity contribution is 5.20. The van der Waals surface area contributed by atoms with Gasteiger partial charge in [-0.15, -0.1) is 0 Å². The van der Waals surface area contributed by atoms with Crippen LogP contribution in [0, 0.1) is 0 Å². The summed E-state index contributed by atoms with van der Waals surface area (Å²) >= 11 is 0. The molecule has 1 rings (SSSR count). The zero-order valence-corrected chi connectivity index (χ0v) is 10.6. The average Bonchev–Trinajstić information content (AvgIpc) is 2.37. The van der Waals surface area contributed by atoms with E-state index >= 15 is 0 Å². The molecule has 0 aliphatic carbocycles. The number of hydrogen-bond acceptors (Lipinski definition) is 3. The fourth-order valence-corrected chi connectivity index (χ4v) is 1.39. The Bertz CT molecular complexity index is 277. The predicted octanol–water partition coefficient (Wildman–Crippen LogP) is 2.60. The van der Waals surface area contributed by atoms with Gasteiger partial charge in [0.15, 0.2) is 0 Å². The molecule has 0 aliphatic rings. The molecule has 0 heterocycles. The Morgan fingerprint density at radius 1 is 1.18 bits per heavy atom. The highest BCUT2D eigenvalue weighted by atomic mass is 16.5. The topological polar surface area (TPSA) is 44.5 Å². The Kier molecular flexibility index (Phi) is 7.43. The molecule has 96 valence electrons. The lowest BCUT2D eigenvalue weighted by Gasteiger charge is -2.13. The first-order valence-corrected chi connectivity index (χ1v) is 6.34. The second kappa shape index (κ2) is 9.02. The van der Waals surface area contributed by atoms with Gasteiger partial charge in [0, 0.05) is 19.3 Å². The van der Waals surface area contributed by atoms with E-state index in [0.29, 0.717) is 6.61 Å². The van der Waals surface area contributed by atoms with Crippen molar-refractivity contribution in [1.82, 2.24) is 0 Å². The molecule has 3 nitrogen and oxygen atoms in total. The maximum Gasteiger partial charge on any atom is 0.119 e. The second-order valence-corrected chi connectivity index (χ2v) is 4.14. The van der Waals surface area contributed by atoms with Crippen LogP contribution in [0.5, 0.6) is 5.75 Å². The van der Waals surface area contributed by atoms with Crippen molar-refractivity contribution in [3.8, 4) is 5.75 Å². The van der Waals surface area contributed by atoms with E-state index in [4.69, 9.17) is 15.2 Å². The molecular weight excluding hydrogens is 214 g/mol. The van der Waals surface area contributed by atoms with Crippen LogP contribution in [0.25, 0.3) is 0 Å². The molecule has 17 heavy (non-hydrogen) atoms. The van der Waals surface area contributed by atoms with Crippen molar-refractivity contribution < 1.29 is 9.47 Å². The van der Waals surface area contributed by atoms with Crippen molar-refractivity contribution in [2.24, 2.45) is 5.73 Å². The maximum absolute atomic E-state index is 5.93. The minimum atomic E-state index is 0.0387. The van der Waals surface area contributed by atoms with E-state index in [1.807, 2.05) is 30.3 Å². The van der Waals surface area contributed by atoms with Gasteiger partial charge in [0.05, 0.1) is 0 Å². The zero-order valence-electron chi connectivity index (χ0n) is 10.6. The largest absolute Gasteiger partial charge is 0.492 e. The molecule has 0 fully saturated rings. The molecule has 2 N–H and O–H groups in total. The van der Waals surface area contributed by atoms with Crippen molar-refractivity contribution in [2.75, 3.05) is 19.8 Å². The molecule has 1 aromatic carbocycles. The first-order chi connectivity index (χ1) is 8.33. The van der Waals surface area contributed by atoms with Gasteiger partial charge in [-0.3, -0.25) is 0 Å². The second-order valence-electron chi connectivity index (χ2n) is 4.14. The van der Waals surface area contributed by atoms with Crippen LogP contribution in [0.3, 0.4) is 0 Å². The summed E-state index contributed by atoms with van der Waals surface area (Å²) in [4.78, 5) is 0. The van der Waals surface area contributed by atoms with Crippen LogP contribution in [0.4, 0.5) is 0 Å². The summed E-state index contributed by atoms with van der Waals surface area (Å²) in [7, 11) is 0. The van der Waals surface area contributed by atoms with Gasteiger partial charge in [0.25, 0.3) is 0 Å². The van der Waals surface area contributed by atoms with E-state index in [-0.39, 0.29) is 6.04 Å². The average molecular weight is 237 g/mol. The summed E-state index contributed by atoms with van der Waals surface area (Å²) in [6.45, 7) is 4.26. The number of para-hydroxylation sites is 1. The Morgan fingerprint density at radius 3 is 2.65 bits per heavy atom. The molecule has 0 saturated carbocycles. The molecule has 3 heteroatoms. The third-order valence-corrected chi connectivity index (χ3v) is 2.48.